The van der Waals surface area contributed by atoms with Crippen molar-refractivity contribution in [1.29, 1.82) is 0 Å². The third-order valence-corrected chi connectivity index (χ3v) is 6.85. The highest BCUT2D eigenvalue weighted by Crippen LogP contribution is 2.35. The zero-order valence-electron chi connectivity index (χ0n) is 20.4. The van der Waals surface area contributed by atoms with Crippen molar-refractivity contribution in [3.8, 4) is 11.5 Å². The summed E-state index contributed by atoms with van der Waals surface area (Å²) in [4.78, 5) is 20.2. The summed E-state index contributed by atoms with van der Waals surface area (Å²) in [7, 11) is 3.84. The van der Waals surface area contributed by atoms with Crippen LogP contribution in [-0.2, 0) is 6.54 Å². The van der Waals surface area contributed by atoms with Crippen molar-refractivity contribution in [3.63, 3.8) is 0 Å². The maximum absolute atomic E-state index is 13.2. The molecule has 1 saturated carbocycles. The predicted molar refractivity (Wildman–Crippen MR) is 132 cm³/mol. The summed E-state index contributed by atoms with van der Waals surface area (Å²) < 4.78 is 13.6. The number of nitrogens with zero attached hydrogens (tertiary/aromatic N) is 3. The average molecular weight is 450 g/mol. The molecular formula is C27H35N3O3. The average Bonchev–Trinajstić information content (AvgIpc) is 2.81. The maximum atomic E-state index is 13.2. The summed E-state index contributed by atoms with van der Waals surface area (Å²) in [6.07, 6.45) is 5.88. The van der Waals surface area contributed by atoms with Crippen LogP contribution in [0.2, 0.25) is 0 Å². The van der Waals surface area contributed by atoms with Gasteiger partial charge in [-0.3, -0.25) is 14.3 Å². The lowest BCUT2D eigenvalue weighted by Gasteiger charge is -2.42. The van der Waals surface area contributed by atoms with Gasteiger partial charge in [0, 0.05) is 17.6 Å². The monoisotopic (exact) mass is 449 g/mol. The second-order valence-corrected chi connectivity index (χ2v) is 10.0. The summed E-state index contributed by atoms with van der Waals surface area (Å²) in [5.74, 6) is 1.23. The van der Waals surface area contributed by atoms with Gasteiger partial charge in [-0.05, 0) is 65.1 Å². The molecule has 0 radical (unpaired) electrons. The fraction of sp³-hybridized carbons (Fsp3) is 0.481. The summed E-state index contributed by atoms with van der Waals surface area (Å²) in [6, 6.07) is 14.1. The number of ether oxygens (including phenoxy) is 2. The van der Waals surface area contributed by atoms with E-state index in [1.807, 2.05) is 30.3 Å². The second kappa shape index (κ2) is 9.56. The largest absolute Gasteiger partial charge is 0.493 e. The Balaban J connectivity index is 1.55. The van der Waals surface area contributed by atoms with Crippen LogP contribution < -0.4 is 15.0 Å². The van der Waals surface area contributed by atoms with Crippen LogP contribution in [0.25, 0.3) is 10.9 Å². The lowest BCUT2D eigenvalue weighted by molar-refractivity contribution is 0.0537. The van der Waals surface area contributed by atoms with Gasteiger partial charge in [-0.2, -0.15) is 0 Å². The number of hydrogen-bond donors (Lipinski definition) is 0. The first-order valence-corrected chi connectivity index (χ1v) is 11.8. The Morgan fingerprint density at radius 3 is 2.39 bits per heavy atom. The number of rotatable bonds is 6. The molecule has 0 unspecified atom stereocenters. The first-order valence-electron chi connectivity index (χ1n) is 11.8. The molecule has 33 heavy (non-hydrogen) atoms. The van der Waals surface area contributed by atoms with Crippen LogP contribution in [0.15, 0.2) is 53.6 Å². The molecule has 1 aliphatic rings. The topological polar surface area (TPSA) is 56.6 Å². The molecule has 6 nitrogen and oxygen atoms in total. The van der Waals surface area contributed by atoms with Crippen molar-refractivity contribution >= 4 is 10.9 Å². The number of fused-ring (bicyclic) bond motifs is 1. The van der Waals surface area contributed by atoms with Crippen LogP contribution in [-0.4, -0.2) is 46.3 Å². The Labute approximate surface area is 196 Å². The highest BCUT2D eigenvalue weighted by molar-refractivity contribution is 5.81. The van der Waals surface area contributed by atoms with Gasteiger partial charge in [-0.1, -0.05) is 30.3 Å². The molecule has 0 bridgehead atoms. The lowest BCUT2D eigenvalue weighted by Crippen LogP contribution is -2.47. The van der Waals surface area contributed by atoms with Gasteiger partial charge >= 0.3 is 0 Å². The third kappa shape index (κ3) is 5.22. The molecule has 1 fully saturated rings. The minimum absolute atomic E-state index is 0.0770. The summed E-state index contributed by atoms with van der Waals surface area (Å²) in [6.45, 7) is 7.26. The van der Waals surface area contributed by atoms with E-state index >= 15 is 0 Å². The molecule has 1 heterocycles. The highest BCUT2D eigenvalue weighted by atomic mass is 16.5. The van der Waals surface area contributed by atoms with Gasteiger partial charge in [-0.25, -0.2) is 4.98 Å². The summed E-state index contributed by atoms with van der Waals surface area (Å²) in [5, 5.41) is 0.547. The van der Waals surface area contributed by atoms with E-state index in [1.165, 1.54) is 0 Å². The molecule has 0 atom stereocenters. The molecule has 0 aliphatic heterocycles. The first-order chi connectivity index (χ1) is 15.8. The van der Waals surface area contributed by atoms with Gasteiger partial charge in [0.2, 0.25) is 0 Å². The van der Waals surface area contributed by atoms with Crippen LogP contribution in [0.5, 0.6) is 11.5 Å². The van der Waals surface area contributed by atoms with Gasteiger partial charge in [-0.15, -0.1) is 0 Å². The Hall–Kier alpha value is -2.86. The molecule has 0 saturated heterocycles. The Bertz CT molecular complexity index is 1140. The summed E-state index contributed by atoms with van der Waals surface area (Å²) in [5.41, 5.74) is 1.76. The van der Waals surface area contributed by atoms with Crippen LogP contribution in [0.3, 0.4) is 0 Å². The molecule has 176 valence electrons. The van der Waals surface area contributed by atoms with Crippen LogP contribution in [0.1, 0.15) is 52.0 Å². The van der Waals surface area contributed by atoms with Crippen molar-refractivity contribution in [2.24, 2.45) is 0 Å². The number of methoxy groups -OCH3 is 1. The van der Waals surface area contributed by atoms with Crippen molar-refractivity contribution in [3.05, 3.63) is 64.7 Å². The Morgan fingerprint density at radius 2 is 1.76 bits per heavy atom. The maximum Gasteiger partial charge on any atom is 0.261 e. The SMILES string of the molecule is COc1cc2ncn(Cc3ccccc3)c(=O)c2cc1O[C@H]1CC[C@@H](N(C)C(C)(C)C)CC1. The lowest BCUT2D eigenvalue weighted by atomic mass is 9.89. The quantitative estimate of drug-likeness (QED) is 0.537. The fourth-order valence-electron chi connectivity index (χ4n) is 4.59. The van der Waals surface area contributed by atoms with Crippen molar-refractivity contribution in [2.75, 3.05) is 14.2 Å². The molecule has 1 aromatic heterocycles. The summed E-state index contributed by atoms with van der Waals surface area (Å²) >= 11 is 0. The van der Waals surface area contributed by atoms with Gasteiger partial charge in [0.1, 0.15) is 0 Å². The van der Waals surface area contributed by atoms with E-state index in [2.05, 4.69) is 37.7 Å². The standard InChI is InChI=1S/C27H35N3O3/c1-27(2,3)29(4)20-11-13-21(14-12-20)33-25-15-22-23(16-24(25)32-5)28-18-30(26(22)31)17-19-9-7-6-8-10-19/h6-10,15-16,18,20-21H,11-14,17H2,1-5H3/t20-,21+. The molecule has 4 rings (SSSR count). The van der Waals surface area contributed by atoms with E-state index in [0.29, 0.717) is 35.0 Å². The van der Waals surface area contributed by atoms with Crippen molar-refractivity contribution < 1.29 is 9.47 Å². The van der Waals surface area contributed by atoms with Gasteiger partial charge in [0.25, 0.3) is 5.56 Å². The number of hydrogen-bond acceptors (Lipinski definition) is 5. The molecule has 0 spiro atoms. The van der Waals surface area contributed by atoms with Crippen molar-refractivity contribution in [2.45, 2.75) is 70.7 Å². The van der Waals surface area contributed by atoms with E-state index in [4.69, 9.17) is 9.47 Å². The minimum Gasteiger partial charge on any atom is -0.493 e. The molecule has 0 amide bonds. The predicted octanol–water partition coefficient (Wildman–Crippen LogP) is 4.87. The van der Waals surface area contributed by atoms with Gasteiger partial charge < -0.3 is 9.47 Å². The van der Waals surface area contributed by atoms with Gasteiger partial charge in [0.05, 0.1) is 37.0 Å². The van der Waals surface area contributed by atoms with E-state index in [1.54, 1.807) is 30.1 Å². The molecular weight excluding hydrogens is 414 g/mol. The fourth-order valence-corrected chi connectivity index (χ4v) is 4.59. The normalized spacial score (nSPS) is 19.1. The van der Waals surface area contributed by atoms with E-state index in [-0.39, 0.29) is 17.2 Å². The third-order valence-electron chi connectivity index (χ3n) is 6.85. The molecule has 3 aromatic rings. The zero-order valence-corrected chi connectivity index (χ0v) is 20.4. The highest BCUT2D eigenvalue weighted by Gasteiger charge is 2.30. The second-order valence-electron chi connectivity index (χ2n) is 10.0. The number of aromatic nitrogens is 2. The van der Waals surface area contributed by atoms with Gasteiger partial charge in [0.15, 0.2) is 11.5 Å². The Kier molecular flexibility index (Phi) is 6.75. The van der Waals surface area contributed by atoms with E-state index < -0.39 is 0 Å². The molecule has 6 heteroatoms. The van der Waals surface area contributed by atoms with Crippen LogP contribution >= 0.6 is 0 Å². The smallest absolute Gasteiger partial charge is 0.261 e. The minimum atomic E-state index is -0.0770. The zero-order chi connectivity index (χ0) is 23.6. The van der Waals surface area contributed by atoms with Crippen LogP contribution in [0, 0.1) is 0 Å². The van der Waals surface area contributed by atoms with Crippen molar-refractivity contribution in [1.82, 2.24) is 14.5 Å². The molecule has 2 aromatic carbocycles. The molecule has 1 aliphatic carbocycles. The first kappa shape index (κ1) is 23.3. The van der Waals surface area contributed by atoms with E-state index in [9.17, 15) is 4.79 Å². The number of benzene rings is 2. The Morgan fingerprint density at radius 1 is 1.06 bits per heavy atom. The van der Waals surface area contributed by atoms with Crippen LogP contribution in [0.4, 0.5) is 0 Å². The van der Waals surface area contributed by atoms with E-state index in [0.717, 1.165) is 31.2 Å². The molecule has 0 N–H and O–H groups in total.